The second-order valence-electron chi connectivity index (χ2n) is 5.10. The molecule has 2 aromatic rings. The summed E-state index contributed by atoms with van der Waals surface area (Å²) in [6, 6.07) is 11.9. The van der Waals surface area contributed by atoms with E-state index in [4.69, 9.17) is 9.47 Å². The SMILES string of the molecule is COc1ccc(OC)c(CCC(=O)Nc2ccccc2SC(F)F)c1. The van der Waals surface area contributed by atoms with Crippen LogP contribution in [-0.4, -0.2) is 25.9 Å². The number of hydrogen-bond acceptors (Lipinski definition) is 4. The number of alkyl halides is 2. The molecule has 4 nitrogen and oxygen atoms in total. The molecule has 25 heavy (non-hydrogen) atoms. The topological polar surface area (TPSA) is 47.6 Å². The van der Waals surface area contributed by atoms with Gasteiger partial charge in [0.1, 0.15) is 11.5 Å². The van der Waals surface area contributed by atoms with Crippen LogP contribution in [-0.2, 0) is 11.2 Å². The number of para-hydroxylation sites is 1. The van der Waals surface area contributed by atoms with E-state index in [0.29, 0.717) is 40.3 Å². The van der Waals surface area contributed by atoms with E-state index in [9.17, 15) is 13.6 Å². The van der Waals surface area contributed by atoms with Crippen molar-refractivity contribution in [2.75, 3.05) is 19.5 Å². The Morgan fingerprint density at radius 2 is 1.92 bits per heavy atom. The van der Waals surface area contributed by atoms with Gasteiger partial charge in [-0.1, -0.05) is 23.9 Å². The number of amides is 1. The Balaban J connectivity index is 2.02. The van der Waals surface area contributed by atoms with Crippen molar-refractivity contribution in [1.29, 1.82) is 0 Å². The Bertz CT molecular complexity index is 725. The van der Waals surface area contributed by atoms with Crippen molar-refractivity contribution in [3.8, 4) is 11.5 Å². The van der Waals surface area contributed by atoms with Crippen molar-refractivity contribution in [2.24, 2.45) is 0 Å². The summed E-state index contributed by atoms with van der Waals surface area (Å²) < 4.78 is 35.6. The second-order valence-corrected chi connectivity index (χ2v) is 6.13. The smallest absolute Gasteiger partial charge is 0.288 e. The summed E-state index contributed by atoms with van der Waals surface area (Å²) in [4.78, 5) is 12.5. The number of nitrogens with one attached hydrogen (secondary N) is 1. The molecule has 2 rings (SSSR count). The molecule has 0 aliphatic carbocycles. The molecule has 0 bridgehead atoms. The highest BCUT2D eigenvalue weighted by Crippen LogP contribution is 2.32. The van der Waals surface area contributed by atoms with Gasteiger partial charge in [0.2, 0.25) is 5.91 Å². The summed E-state index contributed by atoms with van der Waals surface area (Å²) in [5.74, 6) is -1.46. The van der Waals surface area contributed by atoms with Gasteiger partial charge in [-0.25, -0.2) is 0 Å². The maximum Gasteiger partial charge on any atom is 0.288 e. The zero-order valence-corrected chi connectivity index (χ0v) is 14.7. The lowest BCUT2D eigenvalue weighted by Gasteiger charge is -2.12. The number of halogens is 2. The van der Waals surface area contributed by atoms with Crippen LogP contribution < -0.4 is 14.8 Å². The molecule has 0 atom stereocenters. The van der Waals surface area contributed by atoms with Crippen molar-refractivity contribution in [1.82, 2.24) is 0 Å². The fourth-order valence-corrected chi connectivity index (χ4v) is 2.90. The van der Waals surface area contributed by atoms with Crippen LogP contribution in [0.2, 0.25) is 0 Å². The third-order valence-corrected chi connectivity index (χ3v) is 4.27. The monoisotopic (exact) mass is 367 g/mol. The van der Waals surface area contributed by atoms with E-state index >= 15 is 0 Å². The molecule has 1 amide bonds. The lowest BCUT2D eigenvalue weighted by Crippen LogP contribution is -2.13. The second kappa shape index (κ2) is 9.27. The fourth-order valence-electron chi connectivity index (χ4n) is 2.31. The number of rotatable bonds is 8. The maximum absolute atomic E-state index is 12.6. The van der Waals surface area contributed by atoms with Gasteiger partial charge < -0.3 is 14.8 Å². The molecule has 2 aromatic carbocycles. The summed E-state index contributed by atoms with van der Waals surface area (Å²) >= 11 is 0.408. The van der Waals surface area contributed by atoms with E-state index < -0.39 is 5.76 Å². The molecule has 0 fully saturated rings. The van der Waals surface area contributed by atoms with E-state index in [-0.39, 0.29) is 12.3 Å². The Morgan fingerprint density at radius 1 is 1.16 bits per heavy atom. The van der Waals surface area contributed by atoms with Gasteiger partial charge in [0.15, 0.2) is 0 Å². The molecule has 0 heterocycles. The van der Waals surface area contributed by atoms with Gasteiger partial charge in [-0.05, 0) is 42.3 Å². The van der Waals surface area contributed by atoms with Crippen LogP contribution in [0, 0.1) is 0 Å². The Hall–Kier alpha value is -2.28. The molecule has 0 aliphatic heterocycles. The molecule has 0 radical (unpaired) electrons. The minimum Gasteiger partial charge on any atom is -0.497 e. The van der Waals surface area contributed by atoms with Gasteiger partial charge >= 0.3 is 0 Å². The minimum absolute atomic E-state index is 0.192. The lowest BCUT2D eigenvalue weighted by atomic mass is 10.1. The zero-order valence-electron chi connectivity index (χ0n) is 13.9. The van der Waals surface area contributed by atoms with Gasteiger partial charge in [0.05, 0.1) is 19.9 Å². The first-order valence-electron chi connectivity index (χ1n) is 7.58. The van der Waals surface area contributed by atoms with Crippen LogP contribution in [0.4, 0.5) is 14.5 Å². The minimum atomic E-state index is -2.54. The van der Waals surface area contributed by atoms with Gasteiger partial charge in [0.25, 0.3) is 5.76 Å². The molecule has 0 saturated carbocycles. The van der Waals surface area contributed by atoms with E-state index in [1.54, 1.807) is 50.6 Å². The number of carbonyl (C=O) groups excluding carboxylic acids is 1. The maximum atomic E-state index is 12.6. The Morgan fingerprint density at radius 3 is 2.60 bits per heavy atom. The molecule has 0 aliphatic rings. The van der Waals surface area contributed by atoms with Crippen LogP contribution in [0.1, 0.15) is 12.0 Å². The van der Waals surface area contributed by atoms with E-state index in [0.717, 1.165) is 5.56 Å². The lowest BCUT2D eigenvalue weighted by molar-refractivity contribution is -0.116. The highest BCUT2D eigenvalue weighted by molar-refractivity contribution is 7.99. The number of benzene rings is 2. The molecular weight excluding hydrogens is 348 g/mol. The third-order valence-electron chi connectivity index (χ3n) is 3.49. The first kappa shape index (κ1) is 19.1. The summed E-state index contributed by atoms with van der Waals surface area (Å²) in [5.41, 5.74) is 1.22. The van der Waals surface area contributed by atoms with Crippen LogP contribution in [0.15, 0.2) is 47.4 Å². The van der Waals surface area contributed by atoms with E-state index in [1.165, 1.54) is 0 Å². The van der Waals surface area contributed by atoms with Gasteiger partial charge in [-0.15, -0.1) is 0 Å². The predicted octanol–water partition coefficient (Wildman–Crippen LogP) is 4.59. The summed E-state index contributed by atoms with van der Waals surface area (Å²) in [7, 11) is 3.12. The molecule has 0 saturated heterocycles. The molecule has 134 valence electrons. The van der Waals surface area contributed by atoms with Crippen LogP contribution in [0.5, 0.6) is 11.5 Å². The molecule has 7 heteroatoms. The summed E-state index contributed by atoms with van der Waals surface area (Å²) in [6.45, 7) is 0. The van der Waals surface area contributed by atoms with E-state index in [1.807, 2.05) is 6.07 Å². The summed E-state index contributed by atoms with van der Waals surface area (Å²) in [6.07, 6.45) is 0.633. The van der Waals surface area contributed by atoms with Crippen molar-refractivity contribution < 1.29 is 23.0 Å². The molecule has 0 spiro atoms. The number of hydrogen-bond donors (Lipinski definition) is 1. The molecule has 0 aromatic heterocycles. The van der Waals surface area contributed by atoms with Crippen molar-refractivity contribution in [3.63, 3.8) is 0 Å². The van der Waals surface area contributed by atoms with Crippen LogP contribution in [0.25, 0.3) is 0 Å². The molecule has 1 N–H and O–H groups in total. The standard InChI is InChI=1S/C18H19F2NO3S/c1-23-13-8-9-15(24-2)12(11-13)7-10-17(22)21-14-5-3-4-6-16(14)25-18(19)20/h3-6,8-9,11,18H,7,10H2,1-2H3,(H,21,22). The van der Waals surface area contributed by atoms with Crippen LogP contribution in [0.3, 0.4) is 0 Å². The number of aryl methyl sites for hydroxylation is 1. The first-order valence-corrected chi connectivity index (χ1v) is 8.46. The Labute approximate surface area is 149 Å². The number of anilines is 1. The Kier molecular flexibility index (Phi) is 7.06. The number of thioether (sulfide) groups is 1. The average Bonchev–Trinajstić information content (AvgIpc) is 2.61. The van der Waals surface area contributed by atoms with Gasteiger partial charge in [0, 0.05) is 11.3 Å². The summed E-state index contributed by atoms with van der Waals surface area (Å²) in [5, 5.41) is 2.69. The first-order chi connectivity index (χ1) is 12.0. The number of methoxy groups -OCH3 is 2. The number of carbonyl (C=O) groups is 1. The van der Waals surface area contributed by atoms with Crippen molar-refractivity contribution >= 4 is 23.4 Å². The third kappa shape index (κ3) is 5.63. The van der Waals surface area contributed by atoms with Crippen molar-refractivity contribution in [2.45, 2.75) is 23.5 Å². The largest absolute Gasteiger partial charge is 0.497 e. The highest BCUT2D eigenvalue weighted by atomic mass is 32.2. The van der Waals surface area contributed by atoms with Gasteiger partial charge in [-0.3, -0.25) is 4.79 Å². The van der Waals surface area contributed by atoms with E-state index in [2.05, 4.69) is 5.32 Å². The average molecular weight is 367 g/mol. The zero-order chi connectivity index (χ0) is 18.2. The molecule has 0 unspecified atom stereocenters. The molecular formula is C18H19F2NO3S. The number of ether oxygens (including phenoxy) is 2. The fraction of sp³-hybridized carbons (Fsp3) is 0.278. The van der Waals surface area contributed by atoms with Crippen molar-refractivity contribution in [3.05, 3.63) is 48.0 Å². The van der Waals surface area contributed by atoms with Gasteiger partial charge in [-0.2, -0.15) is 8.78 Å². The highest BCUT2D eigenvalue weighted by Gasteiger charge is 2.13. The van der Waals surface area contributed by atoms with Crippen LogP contribution >= 0.6 is 11.8 Å². The predicted molar refractivity (Wildman–Crippen MR) is 94.8 cm³/mol. The quantitative estimate of drug-likeness (QED) is 0.693. The normalized spacial score (nSPS) is 10.6.